The standard InChI is InChI=1S/C17H23FN2O4/c1-12(2)7-19-8-14(21)9-20(10-16(19)22)17(23)11-24-15-5-3-13(18)4-6-15/h3-6,12,14,21H,7-11H2,1-2H3. The van der Waals surface area contributed by atoms with Crippen LogP contribution in [0.1, 0.15) is 13.8 Å². The summed E-state index contributed by atoms with van der Waals surface area (Å²) in [6, 6.07) is 5.33. The first kappa shape index (κ1) is 18.2. The number of hydrogen-bond donors (Lipinski definition) is 1. The highest BCUT2D eigenvalue weighted by molar-refractivity contribution is 5.86. The van der Waals surface area contributed by atoms with Gasteiger partial charge in [0.05, 0.1) is 12.6 Å². The lowest BCUT2D eigenvalue weighted by molar-refractivity contribution is -0.140. The Kier molecular flexibility index (Phi) is 6.14. The molecule has 7 heteroatoms. The fourth-order valence-corrected chi connectivity index (χ4v) is 2.57. The minimum Gasteiger partial charge on any atom is -0.484 e. The molecule has 1 aromatic carbocycles. The van der Waals surface area contributed by atoms with Crippen molar-refractivity contribution in [1.82, 2.24) is 9.80 Å². The Bertz CT molecular complexity index is 576. The van der Waals surface area contributed by atoms with E-state index in [9.17, 15) is 19.1 Å². The van der Waals surface area contributed by atoms with Crippen molar-refractivity contribution >= 4 is 11.8 Å². The summed E-state index contributed by atoms with van der Waals surface area (Å²) in [5.41, 5.74) is 0. The molecule has 1 unspecified atom stereocenters. The van der Waals surface area contributed by atoms with E-state index >= 15 is 0 Å². The maximum Gasteiger partial charge on any atom is 0.261 e. The zero-order chi connectivity index (χ0) is 17.7. The topological polar surface area (TPSA) is 70.1 Å². The van der Waals surface area contributed by atoms with E-state index < -0.39 is 12.0 Å². The first-order valence-corrected chi connectivity index (χ1v) is 7.97. The third kappa shape index (κ3) is 5.19. The van der Waals surface area contributed by atoms with E-state index in [0.29, 0.717) is 12.3 Å². The molecule has 0 bridgehead atoms. The molecule has 24 heavy (non-hydrogen) atoms. The second kappa shape index (κ2) is 8.10. The Morgan fingerprint density at radius 3 is 2.62 bits per heavy atom. The lowest BCUT2D eigenvalue weighted by atomic mass is 10.2. The van der Waals surface area contributed by atoms with E-state index in [1.54, 1.807) is 4.90 Å². The molecule has 1 aromatic rings. The molecule has 1 atom stereocenters. The molecule has 0 aliphatic carbocycles. The van der Waals surface area contributed by atoms with Gasteiger partial charge < -0.3 is 19.6 Å². The Morgan fingerprint density at radius 1 is 1.33 bits per heavy atom. The molecule has 1 N–H and O–H groups in total. The lowest BCUT2D eigenvalue weighted by Gasteiger charge is -2.23. The van der Waals surface area contributed by atoms with Crippen LogP contribution in [-0.2, 0) is 9.59 Å². The number of β-amino-alcohol motifs (C(OH)–C–C–N with tert-alkyl or cyclic N) is 1. The third-order valence-corrected chi connectivity index (χ3v) is 3.66. The average molecular weight is 338 g/mol. The van der Waals surface area contributed by atoms with Crippen LogP contribution < -0.4 is 4.74 Å². The number of aliphatic hydroxyl groups is 1. The van der Waals surface area contributed by atoms with Crippen molar-refractivity contribution in [2.24, 2.45) is 5.92 Å². The van der Waals surface area contributed by atoms with Gasteiger partial charge in [-0.15, -0.1) is 0 Å². The van der Waals surface area contributed by atoms with Crippen molar-refractivity contribution in [3.63, 3.8) is 0 Å². The van der Waals surface area contributed by atoms with E-state index in [1.165, 1.54) is 29.2 Å². The van der Waals surface area contributed by atoms with Gasteiger partial charge in [-0.2, -0.15) is 0 Å². The molecule has 132 valence electrons. The molecule has 1 saturated heterocycles. The first-order valence-electron chi connectivity index (χ1n) is 7.97. The summed E-state index contributed by atoms with van der Waals surface area (Å²) >= 11 is 0. The fraction of sp³-hybridized carbons (Fsp3) is 0.529. The van der Waals surface area contributed by atoms with Gasteiger partial charge in [-0.3, -0.25) is 9.59 Å². The van der Waals surface area contributed by atoms with E-state index in [2.05, 4.69) is 0 Å². The van der Waals surface area contributed by atoms with Crippen LogP contribution in [0.2, 0.25) is 0 Å². The van der Waals surface area contributed by atoms with Gasteiger partial charge in [0.1, 0.15) is 11.6 Å². The number of rotatable bonds is 5. The molecule has 0 saturated carbocycles. The number of ether oxygens (including phenoxy) is 1. The molecule has 1 aliphatic rings. The maximum atomic E-state index is 12.8. The minimum absolute atomic E-state index is 0.0740. The Morgan fingerprint density at radius 2 is 2.00 bits per heavy atom. The molecule has 2 amide bonds. The quantitative estimate of drug-likeness (QED) is 0.866. The van der Waals surface area contributed by atoms with Gasteiger partial charge in [-0.1, -0.05) is 13.8 Å². The molecule has 0 aromatic heterocycles. The van der Waals surface area contributed by atoms with Crippen molar-refractivity contribution in [2.45, 2.75) is 20.0 Å². The van der Waals surface area contributed by atoms with Gasteiger partial charge in [0.2, 0.25) is 5.91 Å². The van der Waals surface area contributed by atoms with E-state index in [-0.39, 0.29) is 43.9 Å². The highest BCUT2D eigenvalue weighted by atomic mass is 19.1. The second-order valence-electron chi connectivity index (χ2n) is 6.36. The van der Waals surface area contributed by atoms with E-state index in [1.807, 2.05) is 13.8 Å². The Balaban J connectivity index is 1.93. The smallest absolute Gasteiger partial charge is 0.261 e. The molecule has 0 radical (unpaired) electrons. The highest BCUT2D eigenvalue weighted by Crippen LogP contribution is 2.12. The van der Waals surface area contributed by atoms with Gasteiger partial charge in [0.15, 0.2) is 6.61 Å². The van der Waals surface area contributed by atoms with Crippen LogP contribution in [0.4, 0.5) is 4.39 Å². The number of amides is 2. The van der Waals surface area contributed by atoms with E-state index in [4.69, 9.17) is 4.74 Å². The molecular weight excluding hydrogens is 315 g/mol. The van der Waals surface area contributed by atoms with Crippen molar-refractivity contribution in [3.05, 3.63) is 30.1 Å². The van der Waals surface area contributed by atoms with E-state index in [0.717, 1.165) is 0 Å². The SMILES string of the molecule is CC(C)CN1CC(O)CN(C(=O)COc2ccc(F)cc2)CC1=O. The summed E-state index contributed by atoms with van der Waals surface area (Å²) in [5.74, 6) is -0.313. The Labute approximate surface area is 140 Å². The predicted molar refractivity (Wildman–Crippen MR) is 85.9 cm³/mol. The number of nitrogens with zero attached hydrogens (tertiary/aromatic N) is 2. The van der Waals surface area contributed by atoms with Crippen molar-refractivity contribution < 1.29 is 23.8 Å². The third-order valence-electron chi connectivity index (χ3n) is 3.66. The maximum absolute atomic E-state index is 12.8. The molecular formula is C17H23FN2O4. The highest BCUT2D eigenvalue weighted by Gasteiger charge is 2.29. The van der Waals surface area contributed by atoms with Gasteiger partial charge in [-0.05, 0) is 30.2 Å². The zero-order valence-electron chi connectivity index (χ0n) is 13.9. The lowest BCUT2D eigenvalue weighted by Crippen LogP contribution is -2.42. The molecule has 1 aliphatic heterocycles. The van der Waals surface area contributed by atoms with Crippen LogP contribution in [0, 0.1) is 11.7 Å². The summed E-state index contributed by atoms with van der Waals surface area (Å²) in [6.07, 6.45) is -0.787. The number of halogens is 1. The van der Waals surface area contributed by atoms with Crippen LogP contribution in [0.5, 0.6) is 5.75 Å². The largest absolute Gasteiger partial charge is 0.484 e. The molecule has 2 rings (SSSR count). The molecule has 6 nitrogen and oxygen atoms in total. The number of aliphatic hydroxyl groups excluding tert-OH is 1. The normalized spacial score (nSPS) is 18.7. The molecule has 0 spiro atoms. The van der Waals surface area contributed by atoms with Crippen molar-refractivity contribution in [2.75, 3.05) is 32.8 Å². The molecule has 1 heterocycles. The van der Waals surface area contributed by atoms with Crippen LogP contribution >= 0.6 is 0 Å². The number of hydrogen-bond acceptors (Lipinski definition) is 4. The predicted octanol–water partition coefficient (Wildman–Crippen LogP) is 0.892. The fourth-order valence-electron chi connectivity index (χ4n) is 2.57. The second-order valence-corrected chi connectivity index (χ2v) is 6.36. The van der Waals surface area contributed by atoms with Gasteiger partial charge in [0, 0.05) is 19.6 Å². The average Bonchev–Trinajstić information content (AvgIpc) is 2.65. The van der Waals surface area contributed by atoms with Crippen molar-refractivity contribution in [1.29, 1.82) is 0 Å². The Hall–Kier alpha value is -2.15. The zero-order valence-corrected chi connectivity index (χ0v) is 13.9. The molecule has 1 fully saturated rings. The van der Waals surface area contributed by atoms with Crippen LogP contribution in [0.3, 0.4) is 0 Å². The monoisotopic (exact) mass is 338 g/mol. The van der Waals surface area contributed by atoms with Gasteiger partial charge in [0.25, 0.3) is 5.91 Å². The number of carbonyl (C=O) groups excluding carboxylic acids is 2. The van der Waals surface area contributed by atoms with Gasteiger partial charge >= 0.3 is 0 Å². The van der Waals surface area contributed by atoms with Crippen LogP contribution in [0.15, 0.2) is 24.3 Å². The van der Waals surface area contributed by atoms with Gasteiger partial charge in [-0.25, -0.2) is 4.39 Å². The van der Waals surface area contributed by atoms with Crippen LogP contribution in [0.25, 0.3) is 0 Å². The summed E-state index contributed by atoms with van der Waals surface area (Å²) < 4.78 is 18.1. The number of carbonyl (C=O) groups is 2. The summed E-state index contributed by atoms with van der Waals surface area (Å²) in [6.45, 7) is 4.49. The summed E-state index contributed by atoms with van der Waals surface area (Å²) in [5, 5.41) is 10.1. The first-order chi connectivity index (χ1) is 11.3. The summed E-state index contributed by atoms with van der Waals surface area (Å²) in [4.78, 5) is 27.4. The minimum atomic E-state index is -0.787. The summed E-state index contributed by atoms with van der Waals surface area (Å²) in [7, 11) is 0. The number of benzene rings is 1. The van der Waals surface area contributed by atoms with Crippen LogP contribution in [-0.4, -0.2) is 65.6 Å². The van der Waals surface area contributed by atoms with Crippen molar-refractivity contribution in [3.8, 4) is 5.75 Å².